The molecule has 1 N–H and O–H groups in total. The minimum absolute atomic E-state index is 0.0665. The third-order valence-electron chi connectivity index (χ3n) is 5.28. The number of ether oxygens (including phenoxy) is 1. The summed E-state index contributed by atoms with van der Waals surface area (Å²) in [6.07, 6.45) is 2.36. The molecule has 146 valence electrons. The second-order valence-electron chi connectivity index (χ2n) is 7.22. The minimum Gasteiger partial charge on any atom is -0.484 e. The molecule has 7 heteroatoms. The monoisotopic (exact) mass is 387 g/mol. The number of hydrogen-bond acceptors (Lipinski definition) is 4. The van der Waals surface area contributed by atoms with Crippen LogP contribution in [0, 0.1) is 0 Å². The first-order chi connectivity index (χ1) is 14.2. The van der Waals surface area contributed by atoms with Crippen LogP contribution in [0.3, 0.4) is 0 Å². The van der Waals surface area contributed by atoms with E-state index in [1.54, 1.807) is 4.52 Å². The molecule has 0 unspecified atom stereocenters. The molecule has 0 radical (unpaired) electrons. The van der Waals surface area contributed by atoms with E-state index in [1.807, 2.05) is 72.6 Å². The van der Waals surface area contributed by atoms with Gasteiger partial charge in [-0.15, -0.1) is 0 Å². The summed E-state index contributed by atoms with van der Waals surface area (Å²) in [5.41, 5.74) is 4.32. The van der Waals surface area contributed by atoms with Gasteiger partial charge in [0.2, 0.25) is 0 Å². The molecule has 1 atom stereocenters. The predicted molar refractivity (Wildman–Crippen MR) is 108 cm³/mol. The number of para-hydroxylation sites is 1. The number of rotatable bonds is 4. The van der Waals surface area contributed by atoms with Gasteiger partial charge in [-0.05, 0) is 37.3 Å². The van der Waals surface area contributed by atoms with Gasteiger partial charge in [-0.3, -0.25) is 9.89 Å². The average molecular weight is 387 g/mol. The Labute approximate surface area is 167 Å². The number of fused-ring (bicyclic) bond motifs is 2. The molecule has 0 saturated heterocycles. The topological polar surface area (TPSA) is 75.5 Å². The van der Waals surface area contributed by atoms with Crippen LogP contribution in [0.5, 0.6) is 5.75 Å². The average Bonchev–Trinajstić information content (AvgIpc) is 3.37. The number of nitrogens with one attached hydrogen (secondary N) is 1. The molecule has 3 aromatic heterocycles. The molecule has 0 spiro atoms. The van der Waals surface area contributed by atoms with Gasteiger partial charge in [0.25, 0.3) is 5.91 Å². The second-order valence-corrected chi connectivity index (χ2v) is 7.22. The van der Waals surface area contributed by atoms with Gasteiger partial charge in [0, 0.05) is 37.0 Å². The van der Waals surface area contributed by atoms with Crippen molar-refractivity contribution >= 4 is 11.4 Å². The lowest BCUT2D eigenvalue weighted by Crippen LogP contribution is -2.36. The van der Waals surface area contributed by atoms with Crippen molar-refractivity contribution in [2.24, 2.45) is 0 Å². The first-order valence-electron chi connectivity index (χ1n) is 9.70. The Kier molecular flexibility index (Phi) is 4.27. The summed E-state index contributed by atoms with van der Waals surface area (Å²) in [6, 6.07) is 17.3. The van der Waals surface area contributed by atoms with Crippen molar-refractivity contribution in [2.45, 2.75) is 26.0 Å². The summed E-state index contributed by atoms with van der Waals surface area (Å²) in [5.74, 6) is 0.730. The maximum absolute atomic E-state index is 13.1. The molecule has 0 fully saturated rings. The highest BCUT2D eigenvalue weighted by Gasteiger charge is 2.29. The summed E-state index contributed by atoms with van der Waals surface area (Å²) >= 11 is 0. The molecule has 7 nitrogen and oxygen atoms in total. The number of carbonyl (C=O) groups excluding carboxylic acids is 1. The normalized spacial score (nSPS) is 14.6. The van der Waals surface area contributed by atoms with E-state index < -0.39 is 0 Å². The lowest BCUT2D eigenvalue weighted by molar-refractivity contribution is 0.0726. The molecule has 0 aliphatic carbocycles. The maximum Gasteiger partial charge on any atom is 0.274 e. The quantitative estimate of drug-likeness (QED) is 0.582. The van der Waals surface area contributed by atoms with Gasteiger partial charge in [0.15, 0.2) is 5.69 Å². The number of H-pyrrole nitrogens is 1. The molecule has 1 amide bonds. The van der Waals surface area contributed by atoms with E-state index in [4.69, 9.17) is 4.74 Å². The van der Waals surface area contributed by atoms with Crippen molar-refractivity contribution in [3.63, 3.8) is 0 Å². The number of aromatic amines is 1. The number of benzene rings is 1. The van der Waals surface area contributed by atoms with Crippen molar-refractivity contribution in [1.29, 1.82) is 0 Å². The van der Waals surface area contributed by atoms with Gasteiger partial charge in [-0.2, -0.15) is 10.2 Å². The molecule has 5 rings (SSSR count). The number of pyridine rings is 1. The fraction of sp³-hybridized carbons (Fsp3) is 0.227. The zero-order valence-electron chi connectivity index (χ0n) is 16.1. The zero-order valence-corrected chi connectivity index (χ0v) is 16.1. The number of aromatic nitrogens is 4. The van der Waals surface area contributed by atoms with Crippen LogP contribution >= 0.6 is 0 Å². The van der Waals surface area contributed by atoms with Crippen LogP contribution in [0.4, 0.5) is 0 Å². The predicted octanol–water partition coefficient (Wildman–Crippen LogP) is 3.40. The van der Waals surface area contributed by atoms with Crippen LogP contribution in [0.25, 0.3) is 5.52 Å². The van der Waals surface area contributed by atoms with Crippen LogP contribution in [0.1, 0.15) is 40.5 Å². The van der Waals surface area contributed by atoms with Gasteiger partial charge < -0.3 is 9.64 Å². The van der Waals surface area contributed by atoms with Crippen LogP contribution in [0.15, 0.2) is 60.8 Å². The molecule has 1 aliphatic heterocycles. The van der Waals surface area contributed by atoms with E-state index in [-0.39, 0.29) is 12.0 Å². The van der Waals surface area contributed by atoms with Crippen molar-refractivity contribution in [3.05, 3.63) is 83.4 Å². The zero-order chi connectivity index (χ0) is 19.8. The smallest absolute Gasteiger partial charge is 0.274 e. The van der Waals surface area contributed by atoms with E-state index >= 15 is 0 Å². The molecular weight excluding hydrogens is 366 g/mol. The Morgan fingerprint density at radius 1 is 1.17 bits per heavy atom. The standard InChI is InChI=1S/C22H21N5O2/c1-15(29-17-8-3-2-4-9-17)21-18-14-26(12-10-19(18)23-24-21)22(28)20-13-16-7-5-6-11-27(16)25-20/h2-9,11,13,15H,10,12,14H2,1H3,(H,23,24)/t15-/m1/s1. The van der Waals surface area contributed by atoms with Gasteiger partial charge in [-0.25, -0.2) is 4.52 Å². The lowest BCUT2D eigenvalue weighted by Gasteiger charge is -2.27. The third kappa shape index (κ3) is 3.24. The number of carbonyl (C=O) groups is 1. The van der Waals surface area contributed by atoms with Crippen molar-refractivity contribution in [2.75, 3.05) is 6.54 Å². The van der Waals surface area contributed by atoms with Crippen LogP contribution in [0.2, 0.25) is 0 Å². The third-order valence-corrected chi connectivity index (χ3v) is 5.28. The molecule has 1 aliphatic rings. The van der Waals surface area contributed by atoms with Crippen LogP contribution in [-0.2, 0) is 13.0 Å². The summed E-state index contributed by atoms with van der Waals surface area (Å²) < 4.78 is 7.77. The molecule has 1 aromatic carbocycles. The van der Waals surface area contributed by atoms with Crippen molar-refractivity contribution in [3.8, 4) is 5.75 Å². The second kappa shape index (κ2) is 7.09. The Bertz CT molecular complexity index is 1130. The fourth-order valence-corrected chi connectivity index (χ4v) is 3.79. The first kappa shape index (κ1) is 17.5. The summed E-state index contributed by atoms with van der Waals surface area (Å²) in [4.78, 5) is 14.9. The van der Waals surface area contributed by atoms with Gasteiger partial charge in [-0.1, -0.05) is 24.3 Å². The molecule has 0 bridgehead atoms. The first-order valence-corrected chi connectivity index (χ1v) is 9.70. The van der Waals surface area contributed by atoms with Crippen molar-refractivity contribution in [1.82, 2.24) is 24.7 Å². The summed E-state index contributed by atoms with van der Waals surface area (Å²) in [5, 5.41) is 12.0. The Morgan fingerprint density at radius 3 is 2.83 bits per heavy atom. The summed E-state index contributed by atoms with van der Waals surface area (Å²) in [7, 11) is 0. The Morgan fingerprint density at radius 2 is 2.00 bits per heavy atom. The highest BCUT2D eigenvalue weighted by molar-refractivity contribution is 5.93. The van der Waals surface area contributed by atoms with Gasteiger partial charge in [0.1, 0.15) is 17.5 Å². The largest absolute Gasteiger partial charge is 0.484 e. The van der Waals surface area contributed by atoms with Gasteiger partial charge in [0.05, 0.1) is 5.52 Å². The number of nitrogens with zero attached hydrogens (tertiary/aromatic N) is 4. The molecule has 4 aromatic rings. The maximum atomic E-state index is 13.1. The van der Waals surface area contributed by atoms with E-state index in [9.17, 15) is 4.79 Å². The molecule has 29 heavy (non-hydrogen) atoms. The van der Waals surface area contributed by atoms with E-state index in [0.29, 0.717) is 18.8 Å². The molecule has 4 heterocycles. The Balaban J connectivity index is 1.37. The highest BCUT2D eigenvalue weighted by atomic mass is 16.5. The SMILES string of the molecule is C[C@@H](Oc1ccccc1)c1n[nH]c2c1CN(C(=O)c1cc3ccccn3n1)CC2. The van der Waals surface area contributed by atoms with Gasteiger partial charge >= 0.3 is 0 Å². The number of amides is 1. The van der Waals surface area contributed by atoms with Crippen molar-refractivity contribution < 1.29 is 9.53 Å². The molecular formula is C22H21N5O2. The highest BCUT2D eigenvalue weighted by Crippen LogP contribution is 2.28. The summed E-state index contributed by atoms with van der Waals surface area (Å²) in [6.45, 7) is 3.11. The fourth-order valence-electron chi connectivity index (χ4n) is 3.79. The van der Waals surface area contributed by atoms with E-state index in [0.717, 1.165) is 34.6 Å². The van der Waals surface area contributed by atoms with Crippen LogP contribution < -0.4 is 4.74 Å². The van der Waals surface area contributed by atoms with E-state index in [1.165, 1.54) is 0 Å². The minimum atomic E-state index is -0.220. The van der Waals surface area contributed by atoms with Crippen LogP contribution in [-0.4, -0.2) is 37.2 Å². The number of hydrogen-bond donors (Lipinski definition) is 1. The Hall–Kier alpha value is -3.61. The van der Waals surface area contributed by atoms with E-state index in [2.05, 4.69) is 15.3 Å². The molecule has 0 saturated carbocycles. The lowest BCUT2D eigenvalue weighted by atomic mass is 10.0.